The van der Waals surface area contributed by atoms with Gasteiger partial charge in [-0.05, 0) is 130 Å². The van der Waals surface area contributed by atoms with Crippen LogP contribution in [0.4, 0.5) is 0 Å². The molecule has 0 amide bonds. The van der Waals surface area contributed by atoms with E-state index in [1.165, 1.54) is 65.7 Å². The van der Waals surface area contributed by atoms with Gasteiger partial charge < -0.3 is 27.3 Å². The Morgan fingerprint density at radius 2 is 0.947 bits per heavy atom. The third-order valence-electron chi connectivity index (χ3n) is 17.0. The minimum absolute atomic E-state index is 0.146. The molecule has 6 nitrogen and oxygen atoms in total. The van der Waals surface area contributed by atoms with Crippen LogP contribution in [-0.2, 0) is 0 Å². The molecule has 2 aliphatic heterocycles. The predicted octanol–water partition coefficient (Wildman–Crippen LogP) is 16.5. The lowest BCUT2D eigenvalue weighted by molar-refractivity contribution is 0.486. The highest BCUT2D eigenvalue weighted by atomic mass is 16.5. The first-order valence-electron chi connectivity index (χ1n) is 26.4. The molecular formula is C69H42BN3O3. The van der Waals surface area contributed by atoms with Crippen LogP contribution in [0.25, 0.3) is 137 Å². The monoisotopic (exact) mass is 971 g/mol. The van der Waals surface area contributed by atoms with Gasteiger partial charge in [0.05, 0.1) is 43.9 Å². The van der Waals surface area contributed by atoms with E-state index >= 15 is 0 Å². The number of hydrogen-bond acceptors (Lipinski definition) is 3. The smallest absolute Gasteiger partial charge is 0.256 e. The van der Waals surface area contributed by atoms with Gasteiger partial charge in [0.1, 0.15) is 33.8 Å². The average Bonchev–Trinajstić information content (AvgIpc) is 4.30. The summed E-state index contributed by atoms with van der Waals surface area (Å²) in [5.74, 6) is 2.04. The van der Waals surface area contributed by atoms with Gasteiger partial charge in [0.2, 0.25) is 0 Å². The number of para-hydroxylation sites is 4. The summed E-state index contributed by atoms with van der Waals surface area (Å²) in [5, 5.41) is 11.3. The van der Waals surface area contributed by atoms with Crippen molar-refractivity contribution >= 4 is 132 Å². The Morgan fingerprint density at radius 1 is 0.382 bits per heavy atom. The first-order valence-corrected chi connectivity index (χ1v) is 26.4. The highest BCUT2D eigenvalue weighted by Gasteiger charge is 2.42. The molecule has 7 heterocycles. The van der Waals surface area contributed by atoms with Crippen molar-refractivity contribution < 1.29 is 13.6 Å². The van der Waals surface area contributed by atoms with Crippen molar-refractivity contribution in [1.82, 2.24) is 13.7 Å². The maximum atomic E-state index is 7.34. The Kier molecular flexibility index (Phi) is 7.78. The molecule has 0 bridgehead atoms. The number of furan rings is 2. The lowest BCUT2D eigenvalue weighted by atomic mass is 9.34. The van der Waals surface area contributed by atoms with Crippen LogP contribution in [0.1, 0.15) is 25.3 Å². The van der Waals surface area contributed by atoms with Gasteiger partial charge in [0, 0.05) is 60.2 Å². The maximum Gasteiger partial charge on any atom is 0.256 e. The van der Waals surface area contributed by atoms with Crippen LogP contribution >= 0.6 is 0 Å². The molecule has 2 aliphatic rings. The summed E-state index contributed by atoms with van der Waals surface area (Å²) in [6.45, 7) is 4.39. The number of aromatic nitrogens is 3. The summed E-state index contributed by atoms with van der Waals surface area (Å²) in [7, 11) is 0. The van der Waals surface area contributed by atoms with E-state index in [0.29, 0.717) is 0 Å². The van der Waals surface area contributed by atoms with E-state index in [-0.39, 0.29) is 12.6 Å². The Bertz CT molecular complexity index is 5150. The summed E-state index contributed by atoms with van der Waals surface area (Å²) >= 11 is 0. The standard InChI is InChI=1S/C69H42BN3O3/c1-38(2)41-33-59-66-63(34-41)74-62-29-24-40(39-14-4-3-5-15-39)32-52(62)70(66)53-37-51-50-36-43(72-56-22-12-8-18-46(56)47-19-9-13-23-57(47)72)26-31-61(50)76-69(51)65-64-58(73(59)67(53)65)28-27-48-49-35-42(25-30-60(49)75-68(48)64)71-54-20-10-6-16-44(54)45-17-7-11-21-55(45)71/h3-38H,1-2H3. The van der Waals surface area contributed by atoms with Crippen molar-refractivity contribution in [3.8, 4) is 39.7 Å². The molecule has 11 aromatic carbocycles. The summed E-state index contributed by atoms with van der Waals surface area (Å²) in [5.41, 5.74) is 20.6. The van der Waals surface area contributed by atoms with Crippen LogP contribution in [0, 0.1) is 0 Å². The highest BCUT2D eigenvalue weighted by Crippen LogP contribution is 2.48. The van der Waals surface area contributed by atoms with E-state index in [1.54, 1.807) is 0 Å². The number of rotatable bonds is 4. The quantitative estimate of drug-likeness (QED) is 0.165. The van der Waals surface area contributed by atoms with Gasteiger partial charge in [-0.25, -0.2) is 0 Å². The molecule has 0 N–H and O–H groups in total. The Balaban J connectivity index is 0.979. The fraction of sp³-hybridized carbons (Fsp3) is 0.0435. The molecule has 354 valence electrons. The van der Waals surface area contributed by atoms with Crippen molar-refractivity contribution in [2.24, 2.45) is 0 Å². The van der Waals surface area contributed by atoms with E-state index in [9.17, 15) is 0 Å². The fourth-order valence-electron chi connectivity index (χ4n) is 13.7. The zero-order valence-corrected chi connectivity index (χ0v) is 41.4. The number of hydrogen-bond donors (Lipinski definition) is 0. The molecule has 0 spiro atoms. The topological polar surface area (TPSA) is 50.3 Å². The average molecular weight is 972 g/mol. The van der Waals surface area contributed by atoms with Gasteiger partial charge in [-0.2, -0.15) is 0 Å². The maximum absolute atomic E-state index is 7.34. The van der Waals surface area contributed by atoms with Gasteiger partial charge >= 0.3 is 0 Å². The molecule has 5 aromatic heterocycles. The third kappa shape index (κ3) is 5.21. The van der Waals surface area contributed by atoms with Crippen LogP contribution in [0.3, 0.4) is 0 Å². The SMILES string of the molecule is CC(C)c1cc2c3c(c1)-n1c4ccc5c6cc(-n7c8ccccc8c8ccccc87)ccc6oc5c4c4c5oc6ccc(-n7c8ccccc8c8ccccc87)cc6c5cc(c41)B3c1cc(-c3ccccc3)ccc1O2. The van der Waals surface area contributed by atoms with Gasteiger partial charge in [-0.1, -0.05) is 135 Å². The molecule has 0 fully saturated rings. The van der Waals surface area contributed by atoms with E-state index < -0.39 is 0 Å². The van der Waals surface area contributed by atoms with E-state index in [0.717, 1.165) is 105 Å². The minimum Gasteiger partial charge on any atom is -0.458 e. The third-order valence-corrected chi connectivity index (χ3v) is 17.0. The molecule has 0 unspecified atom stereocenters. The zero-order valence-electron chi connectivity index (χ0n) is 41.4. The summed E-state index contributed by atoms with van der Waals surface area (Å²) in [6, 6.07) is 77.4. The second kappa shape index (κ2) is 14.5. The molecule has 0 atom stereocenters. The van der Waals surface area contributed by atoms with Gasteiger partial charge in [0.15, 0.2) is 0 Å². The second-order valence-corrected chi connectivity index (χ2v) is 21.3. The lowest BCUT2D eigenvalue weighted by Gasteiger charge is -2.34. The van der Waals surface area contributed by atoms with Gasteiger partial charge in [-0.15, -0.1) is 0 Å². The predicted molar refractivity (Wildman–Crippen MR) is 315 cm³/mol. The van der Waals surface area contributed by atoms with E-state index in [2.05, 4.69) is 240 Å². The number of benzene rings is 11. The highest BCUT2D eigenvalue weighted by molar-refractivity contribution is 6.99. The van der Waals surface area contributed by atoms with Crippen LogP contribution in [0.15, 0.2) is 221 Å². The Morgan fingerprint density at radius 3 is 1.55 bits per heavy atom. The lowest BCUT2D eigenvalue weighted by Crippen LogP contribution is -2.58. The van der Waals surface area contributed by atoms with Crippen molar-refractivity contribution in [3.63, 3.8) is 0 Å². The van der Waals surface area contributed by atoms with E-state index in [4.69, 9.17) is 13.6 Å². The van der Waals surface area contributed by atoms with Gasteiger partial charge in [0.25, 0.3) is 6.71 Å². The summed E-state index contributed by atoms with van der Waals surface area (Å²) in [6.07, 6.45) is 0. The Labute approximate surface area is 434 Å². The molecule has 0 saturated carbocycles. The molecule has 16 aromatic rings. The van der Waals surface area contributed by atoms with E-state index in [1.807, 2.05) is 0 Å². The molecule has 0 saturated heterocycles. The van der Waals surface area contributed by atoms with Crippen molar-refractivity contribution in [2.45, 2.75) is 19.8 Å². The van der Waals surface area contributed by atoms with Crippen molar-refractivity contribution in [3.05, 3.63) is 218 Å². The summed E-state index contributed by atoms with van der Waals surface area (Å²) < 4.78 is 29.0. The molecule has 0 radical (unpaired) electrons. The fourth-order valence-corrected chi connectivity index (χ4v) is 13.7. The summed E-state index contributed by atoms with van der Waals surface area (Å²) in [4.78, 5) is 0. The normalized spacial score (nSPS) is 13.1. The Hall–Kier alpha value is -9.72. The van der Waals surface area contributed by atoms with Crippen molar-refractivity contribution in [1.29, 1.82) is 0 Å². The second-order valence-electron chi connectivity index (χ2n) is 21.3. The molecule has 76 heavy (non-hydrogen) atoms. The first-order chi connectivity index (χ1) is 37.5. The molecule has 7 heteroatoms. The van der Waals surface area contributed by atoms with Crippen LogP contribution < -0.4 is 21.1 Å². The zero-order chi connectivity index (χ0) is 49.7. The first kappa shape index (κ1) is 40.7. The van der Waals surface area contributed by atoms with Crippen LogP contribution in [0.5, 0.6) is 11.5 Å². The minimum atomic E-state index is -0.146. The largest absolute Gasteiger partial charge is 0.458 e. The molecule has 0 aliphatic carbocycles. The van der Waals surface area contributed by atoms with Crippen LogP contribution in [-0.4, -0.2) is 20.4 Å². The molecule has 18 rings (SSSR count). The van der Waals surface area contributed by atoms with Crippen LogP contribution in [0.2, 0.25) is 0 Å². The number of fused-ring (bicyclic) bond motifs is 21. The van der Waals surface area contributed by atoms with Gasteiger partial charge in [-0.3, -0.25) is 0 Å². The molecular weight excluding hydrogens is 930 g/mol. The number of ether oxygens (including phenoxy) is 1. The number of nitrogens with zero attached hydrogens (tertiary/aromatic N) is 3. The van der Waals surface area contributed by atoms with Crippen molar-refractivity contribution in [2.75, 3.05) is 0 Å².